The zero-order valence-corrected chi connectivity index (χ0v) is 5.73. The molecule has 5 heteroatoms. The Hall–Kier alpha value is -1.36. The lowest BCUT2D eigenvalue weighted by atomic mass is 10.2. The maximum absolute atomic E-state index is 10.2. The maximum Gasteiger partial charge on any atom is 0.321 e. The predicted octanol–water partition coefficient (Wildman–Crippen LogP) is -0.371. The summed E-state index contributed by atoms with van der Waals surface area (Å²) in [5.41, 5.74) is 5.21. The van der Waals surface area contributed by atoms with E-state index >= 15 is 0 Å². The SMILES string of the molecule is NC(Cc1ncco1)C(=O)O. The molecule has 1 rings (SSSR count). The molecule has 3 N–H and O–H groups in total. The van der Waals surface area contributed by atoms with Crippen LogP contribution in [0.1, 0.15) is 5.89 Å². The van der Waals surface area contributed by atoms with Gasteiger partial charge in [0.25, 0.3) is 0 Å². The third kappa shape index (κ3) is 2.05. The summed E-state index contributed by atoms with van der Waals surface area (Å²) < 4.78 is 4.80. The van der Waals surface area contributed by atoms with E-state index in [2.05, 4.69) is 4.98 Å². The van der Waals surface area contributed by atoms with Crippen molar-refractivity contribution in [2.24, 2.45) is 5.73 Å². The molecule has 0 aliphatic heterocycles. The lowest BCUT2D eigenvalue weighted by Gasteiger charge is -2.00. The first kappa shape index (κ1) is 7.74. The standard InChI is InChI=1S/C6H8N2O3/c7-4(6(9)10)3-5-8-1-2-11-5/h1-2,4H,3,7H2,(H,9,10). The average Bonchev–Trinajstić information content (AvgIpc) is 2.39. The molecular formula is C6H8N2O3. The van der Waals surface area contributed by atoms with Gasteiger partial charge in [-0.2, -0.15) is 0 Å². The Balaban J connectivity index is 2.50. The van der Waals surface area contributed by atoms with Gasteiger partial charge < -0.3 is 15.3 Å². The smallest absolute Gasteiger partial charge is 0.321 e. The van der Waals surface area contributed by atoms with Crippen LogP contribution in [-0.4, -0.2) is 22.1 Å². The second-order valence-corrected chi connectivity index (χ2v) is 2.07. The van der Waals surface area contributed by atoms with Crippen LogP contribution in [0.3, 0.4) is 0 Å². The van der Waals surface area contributed by atoms with Gasteiger partial charge in [-0.3, -0.25) is 4.79 Å². The molecule has 0 radical (unpaired) electrons. The van der Waals surface area contributed by atoms with Gasteiger partial charge in [-0.1, -0.05) is 0 Å². The summed E-state index contributed by atoms with van der Waals surface area (Å²) in [5.74, 6) is -0.705. The van der Waals surface area contributed by atoms with Gasteiger partial charge in [0.05, 0.1) is 12.6 Å². The van der Waals surface area contributed by atoms with Crippen molar-refractivity contribution in [2.75, 3.05) is 0 Å². The maximum atomic E-state index is 10.2. The highest BCUT2D eigenvalue weighted by Crippen LogP contribution is 1.97. The van der Waals surface area contributed by atoms with Gasteiger partial charge in [0.15, 0.2) is 5.89 Å². The number of carbonyl (C=O) groups is 1. The third-order valence-electron chi connectivity index (χ3n) is 1.20. The van der Waals surface area contributed by atoms with Crippen molar-refractivity contribution < 1.29 is 14.3 Å². The van der Waals surface area contributed by atoms with Crippen molar-refractivity contribution in [1.82, 2.24) is 4.98 Å². The molecular weight excluding hydrogens is 148 g/mol. The number of carboxylic acid groups (broad SMARTS) is 1. The van der Waals surface area contributed by atoms with Gasteiger partial charge >= 0.3 is 5.97 Å². The van der Waals surface area contributed by atoms with Crippen LogP contribution in [0.2, 0.25) is 0 Å². The highest BCUT2D eigenvalue weighted by atomic mass is 16.4. The number of rotatable bonds is 3. The lowest BCUT2D eigenvalue weighted by Crippen LogP contribution is -2.32. The Morgan fingerprint density at radius 3 is 3.09 bits per heavy atom. The van der Waals surface area contributed by atoms with Crippen LogP contribution in [0, 0.1) is 0 Å². The van der Waals surface area contributed by atoms with Gasteiger partial charge in [0.2, 0.25) is 0 Å². The number of aromatic nitrogens is 1. The van der Waals surface area contributed by atoms with Crippen molar-refractivity contribution in [3.05, 3.63) is 18.4 Å². The van der Waals surface area contributed by atoms with Gasteiger partial charge in [0, 0.05) is 0 Å². The molecule has 0 saturated heterocycles. The molecule has 0 spiro atoms. The summed E-state index contributed by atoms with van der Waals surface area (Å²) >= 11 is 0. The zero-order chi connectivity index (χ0) is 8.27. The van der Waals surface area contributed by atoms with Crippen LogP contribution in [0.25, 0.3) is 0 Å². The molecule has 1 heterocycles. The van der Waals surface area contributed by atoms with Crippen LogP contribution < -0.4 is 5.73 Å². The summed E-state index contributed by atoms with van der Waals surface area (Å²) in [5, 5.41) is 8.39. The normalized spacial score (nSPS) is 12.8. The van der Waals surface area contributed by atoms with E-state index in [1.165, 1.54) is 12.5 Å². The minimum Gasteiger partial charge on any atom is -0.480 e. The number of nitrogens with zero attached hydrogens (tertiary/aromatic N) is 1. The summed E-state index contributed by atoms with van der Waals surface area (Å²) in [4.78, 5) is 14.0. The number of carboxylic acids is 1. The van der Waals surface area contributed by atoms with Gasteiger partial charge in [0.1, 0.15) is 12.3 Å². The Labute approximate surface area is 62.8 Å². The van der Waals surface area contributed by atoms with E-state index in [0.717, 1.165) is 0 Å². The van der Waals surface area contributed by atoms with Crippen LogP contribution in [0.4, 0.5) is 0 Å². The number of nitrogens with two attached hydrogens (primary N) is 1. The number of aliphatic carboxylic acids is 1. The van der Waals surface area contributed by atoms with Gasteiger partial charge in [-0.05, 0) is 0 Å². The van der Waals surface area contributed by atoms with Crippen molar-refractivity contribution in [1.29, 1.82) is 0 Å². The molecule has 0 aliphatic rings. The molecule has 0 bridgehead atoms. The first-order valence-electron chi connectivity index (χ1n) is 3.07. The fourth-order valence-electron chi connectivity index (χ4n) is 0.629. The number of oxazole rings is 1. The highest BCUT2D eigenvalue weighted by molar-refractivity contribution is 5.73. The Bertz CT molecular complexity index is 232. The van der Waals surface area contributed by atoms with Crippen molar-refractivity contribution in [3.63, 3.8) is 0 Å². The number of hydrogen-bond donors (Lipinski definition) is 2. The Morgan fingerprint density at radius 1 is 1.91 bits per heavy atom. The molecule has 1 unspecified atom stereocenters. The molecule has 1 atom stereocenters. The van der Waals surface area contributed by atoms with Crippen LogP contribution in [-0.2, 0) is 11.2 Å². The third-order valence-corrected chi connectivity index (χ3v) is 1.20. The summed E-state index contributed by atoms with van der Waals surface area (Å²) in [6.45, 7) is 0. The van der Waals surface area contributed by atoms with Crippen molar-refractivity contribution in [2.45, 2.75) is 12.5 Å². The molecule has 1 aromatic heterocycles. The molecule has 11 heavy (non-hydrogen) atoms. The first-order valence-corrected chi connectivity index (χ1v) is 3.07. The molecule has 5 nitrogen and oxygen atoms in total. The number of hydrogen-bond acceptors (Lipinski definition) is 4. The van der Waals surface area contributed by atoms with Crippen molar-refractivity contribution >= 4 is 5.97 Å². The second kappa shape index (κ2) is 3.16. The minimum atomic E-state index is -1.05. The van der Waals surface area contributed by atoms with E-state index in [4.69, 9.17) is 15.3 Å². The summed E-state index contributed by atoms with van der Waals surface area (Å²) in [6, 6.07) is -0.936. The molecule has 1 aromatic rings. The van der Waals surface area contributed by atoms with E-state index in [-0.39, 0.29) is 6.42 Å². The summed E-state index contributed by atoms with van der Waals surface area (Å²) in [6.07, 6.45) is 2.95. The monoisotopic (exact) mass is 156 g/mol. The van der Waals surface area contributed by atoms with E-state index in [1.807, 2.05) is 0 Å². The fraction of sp³-hybridized carbons (Fsp3) is 0.333. The quantitative estimate of drug-likeness (QED) is 0.623. The van der Waals surface area contributed by atoms with Gasteiger partial charge in [-0.25, -0.2) is 4.98 Å². The van der Waals surface area contributed by atoms with Crippen LogP contribution >= 0.6 is 0 Å². The van der Waals surface area contributed by atoms with E-state index in [9.17, 15) is 4.79 Å². The highest BCUT2D eigenvalue weighted by Gasteiger charge is 2.13. The molecule has 0 amide bonds. The molecule has 0 saturated carbocycles. The first-order chi connectivity index (χ1) is 5.20. The lowest BCUT2D eigenvalue weighted by molar-refractivity contribution is -0.138. The second-order valence-electron chi connectivity index (χ2n) is 2.07. The van der Waals surface area contributed by atoms with E-state index in [0.29, 0.717) is 5.89 Å². The molecule has 0 aromatic carbocycles. The van der Waals surface area contributed by atoms with Crippen molar-refractivity contribution in [3.8, 4) is 0 Å². The Morgan fingerprint density at radius 2 is 2.64 bits per heavy atom. The van der Waals surface area contributed by atoms with Gasteiger partial charge in [-0.15, -0.1) is 0 Å². The molecule has 0 fully saturated rings. The fourth-order valence-corrected chi connectivity index (χ4v) is 0.629. The summed E-state index contributed by atoms with van der Waals surface area (Å²) in [7, 11) is 0. The minimum absolute atomic E-state index is 0.127. The largest absolute Gasteiger partial charge is 0.480 e. The predicted molar refractivity (Wildman–Crippen MR) is 35.8 cm³/mol. The average molecular weight is 156 g/mol. The van der Waals surface area contributed by atoms with Crippen LogP contribution in [0.15, 0.2) is 16.9 Å². The van der Waals surface area contributed by atoms with E-state index < -0.39 is 12.0 Å². The molecule has 0 aliphatic carbocycles. The topological polar surface area (TPSA) is 89.4 Å². The Kier molecular flexibility index (Phi) is 2.22. The molecule has 60 valence electrons. The van der Waals surface area contributed by atoms with Crippen LogP contribution in [0.5, 0.6) is 0 Å². The van der Waals surface area contributed by atoms with E-state index in [1.54, 1.807) is 0 Å². The zero-order valence-electron chi connectivity index (χ0n) is 5.73.